The molecule has 6 nitrogen and oxygen atoms in total. The van der Waals surface area contributed by atoms with Gasteiger partial charge in [0, 0.05) is 11.4 Å². The van der Waals surface area contributed by atoms with E-state index in [2.05, 4.69) is 10.0 Å². The zero-order chi connectivity index (χ0) is 21.7. The lowest BCUT2D eigenvalue weighted by atomic mass is 10.2. The number of anilines is 2. The van der Waals surface area contributed by atoms with Gasteiger partial charge in [0.1, 0.15) is 5.75 Å². The van der Waals surface area contributed by atoms with Crippen molar-refractivity contribution in [3.8, 4) is 5.75 Å². The van der Waals surface area contributed by atoms with Crippen LogP contribution in [0.15, 0.2) is 77.7 Å². The van der Waals surface area contributed by atoms with Crippen molar-refractivity contribution >= 4 is 27.3 Å². The van der Waals surface area contributed by atoms with Crippen LogP contribution in [0.25, 0.3) is 0 Å². The number of ether oxygens (including phenoxy) is 1. The van der Waals surface area contributed by atoms with E-state index >= 15 is 0 Å². The quantitative estimate of drug-likeness (QED) is 0.584. The Bertz CT molecular complexity index is 1120. The number of aryl methyl sites for hydroxylation is 2. The normalized spacial score (nSPS) is 12.1. The standard InChI is InChI=1S/C23H24N2O4S/c1-16-7-11-21(12-8-16)29-18(3)23(26)24-19-9-13-22(14-10-19)30(27,28)25-20-6-4-5-17(2)15-20/h4-15,18,25H,1-3H3,(H,24,26)/t18-/m0/s1. The molecule has 0 unspecified atom stereocenters. The molecule has 0 saturated heterocycles. The van der Waals surface area contributed by atoms with Crippen LogP contribution in [0.3, 0.4) is 0 Å². The van der Waals surface area contributed by atoms with E-state index in [1.54, 1.807) is 49.4 Å². The van der Waals surface area contributed by atoms with Gasteiger partial charge in [-0.05, 0) is 74.9 Å². The summed E-state index contributed by atoms with van der Waals surface area (Å²) in [5.41, 5.74) is 3.03. The molecule has 0 aliphatic rings. The molecule has 0 bridgehead atoms. The third-order valence-corrected chi connectivity index (χ3v) is 5.80. The minimum Gasteiger partial charge on any atom is -0.481 e. The van der Waals surface area contributed by atoms with Gasteiger partial charge in [-0.25, -0.2) is 8.42 Å². The predicted molar refractivity (Wildman–Crippen MR) is 118 cm³/mol. The summed E-state index contributed by atoms with van der Waals surface area (Å²) in [4.78, 5) is 12.5. The summed E-state index contributed by atoms with van der Waals surface area (Å²) >= 11 is 0. The molecule has 3 aromatic carbocycles. The van der Waals surface area contributed by atoms with Crippen LogP contribution in [-0.2, 0) is 14.8 Å². The molecule has 1 atom stereocenters. The van der Waals surface area contributed by atoms with Crippen molar-refractivity contribution in [3.05, 3.63) is 83.9 Å². The molecular formula is C23H24N2O4S. The molecule has 156 valence electrons. The first-order chi connectivity index (χ1) is 14.2. The fourth-order valence-corrected chi connectivity index (χ4v) is 3.81. The number of rotatable bonds is 7. The van der Waals surface area contributed by atoms with Crippen LogP contribution >= 0.6 is 0 Å². The number of hydrogen-bond acceptors (Lipinski definition) is 4. The molecule has 2 N–H and O–H groups in total. The summed E-state index contributed by atoms with van der Waals surface area (Å²) in [5.74, 6) is 0.274. The third kappa shape index (κ3) is 5.61. The minimum atomic E-state index is -3.72. The molecule has 0 aliphatic heterocycles. The van der Waals surface area contributed by atoms with Gasteiger partial charge in [0.25, 0.3) is 15.9 Å². The van der Waals surface area contributed by atoms with Crippen molar-refractivity contribution < 1.29 is 17.9 Å². The second kappa shape index (κ2) is 9.00. The molecule has 3 rings (SSSR count). The Morgan fingerprint density at radius 1 is 0.867 bits per heavy atom. The first-order valence-electron chi connectivity index (χ1n) is 9.47. The number of benzene rings is 3. The molecule has 7 heteroatoms. The summed E-state index contributed by atoms with van der Waals surface area (Å²) in [6.45, 7) is 5.51. The van der Waals surface area contributed by atoms with E-state index in [0.717, 1.165) is 11.1 Å². The van der Waals surface area contributed by atoms with Gasteiger partial charge in [0.05, 0.1) is 4.90 Å². The van der Waals surface area contributed by atoms with Gasteiger partial charge in [0.15, 0.2) is 6.10 Å². The average molecular weight is 425 g/mol. The van der Waals surface area contributed by atoms with Gasteiger partial charge in [-0.15, -0.1) is 0 Å². The molecule has 0 saturated carbocycles. The molecule has 0 heterocycles. The van der Waals surface area contributed by atoms with E-state index in [1.165, 1.54) is 12.1 Å². The van der Waals surface area contributed by atoms with Crippen LogP contribution < -0.4 is 14.8 Å². The highest BCUT2D eigenvalue weighted by molar-refractivity contribution is 7.92. The van der Waals surface area contributed by atoms with Gasteiger partial charge in [-0.1, -0.05) is 29.8 Å². The number of hydrogen-bond donors (Lipinski definition) is 2. The highest BCUT2D eigenvalue weighted by Gasteiger charge is 2.17. The van der Waals surface area contributed by atoms with Crippen molar-refractivity contribution in [1.29, 1.82) is 0 Å². The van der Waals surface area contributed by atoms with Crippen molar-refractivity contribution in [2.75, 3.05) is 10.0 Å². The Balaban J connectivity index is 1.63. The van der Waals surface area contributed by atoms with Crippen LogP contribution in [0.4, 0.5) is 11.4 Å². The number of sulfonamides is 1. The number of amides is 1. The summed E-state index contributed by atoms with van der Waals surface area (Å²) in [6.07, 6.45) is -0.709. The summed E-state index contributed by atoms with van der Waals surface area (Å²) < 4.78 is 33.3. The first-order valence-corrected chi connectivity index (χ1v) is 10.9. The fraction of sp³-hybridized carbons (Fsp3) is 0.174. The van der Waals surface area contributed by atoms with Crippen LogP contribution in [0.1, 0.15) is 18.1 Å². The Kier molecular flexibility index (Phi) is 6.42. The Labute approximate surface area is 177 Å². The van der Waals surface area contributed by atoms with E-state index in [1.807, 2.05) is 32.0 Å². The maximum atomic E-state index is 12.6. The van der Waals surface area contributed by atoms with E-state index < -0.39 is 16.1 Å². The molecule has 0 aromatic heterocycles. The monoisotopic (exact) mass is 424 g/mol. The predicted octanol–water partition coefficient (Wildman–Crippen LogP) is 4.51. The van der Waals surface area contributed by atoms with Gasteiger partial charge in [-0.3, -0.25) is 9.52 Å². The maximum absolute atomic E-state index is 12.6. The summed E-state index contributed by atoms with van der Waals surface area (Å²) in [7, 11) is -3.72. The van der Waals surface area contributed by atoms with Crippen LogP contribution in [0.2, 0.25) is 0 Å². The number of nitrogens with one attached hydrogen (secondary N) is 2. The zero-order valence-corrected chi connectivity index (χ0v) is 17.9. The lowest BCUT2D eigenvalue weighted by Gasteiger charge is -2.15. The van der Waals surface area contributed by atoms with Crippen molar-refractivity contribution in [2.24, 2.45) is 0 Å². The lowest BCUT2D eigenvalue weighted by Crippen LogP contribution is -2.30. The SMILES string of the molecule is Cc1ccc(O[C@@H](C)C(=O)Nc2ccc(S(=O)(=O)Nc3cccc(C)c3)cc2)cc1. The smallest absolute Gasteiger partial charge is 0.265 e. The fourth-order valence-electron chi connectivity index (χ4n) is 2.76. The zero-order valence-electron chi connectivity index (χ0n) is 17.0. The van der Waals surface area contributed by atoms with Gasteiger partial charge < -0.3 is 10.1 Å². The highest BCUT2D eigenvalue weighted by atomic mass is 32.2. The summed E-state index contributed by atoms with van der Waals surface area (Å²) in [5, 5.41) is 2.73. The third-order valence-electron chi connectivity index (χ3n) is 4.41. The van der Waals surface area contributed by atoms with E-state index in [9.17, 15) is 13.2 Å². The lowest BCUT2D eigenvalue weighted by molar-refractivity contribution is -0.122. The highest BCUT2D eigenvalue weighted by Crippen LogP contribution is 2.20. The van der Waals surface area contributed by atoms with Crippen molar-refractivity contribution in [2.45, 2.75) is 31.8 Å². The van der Waals surface area contributed by atoms with Crippen molar-refractivity contribution in [3.63, 3.8) is 0 Å². The molecule has 0 fully saturated rings. The molecule has 30 heavy (non-hydrogen) atoms. The molecule has 1 amide bonds. The number of carbonyl (C=O) groups is 1. The molecule has 3 aromatic rings. The topological polar surface area (TPSA) is 84.5 Å². The summed E-state index contributed by atoms with van der Waals surface area (Å²) in [6, 6.07) is 20.5. The Morgan fingerprint density at radius 2 is 1.53 bits per heavy atom. The van der Waals surface area contributed by atoms with Gasteiger partial charge in [-0.2, -0.15) is 0 Å². The van der Waals surface area contributed by atoms with E-state index in [-0.39, 0.29) is 10.8 Å². The largest absolute Gasteiger partial charge is 0.481 e. The van der Waals surface area contributed by atoms with Crippen LogP contribution in [0.5, 0.6) is 5.75 Å². The first kappa shape index (κ1) is 21.4. The molecular weight excluding hydrogens is 400 g/mol. The molecule has 0 aliphatic carbocycles. The average Bonchev–Trinajstić information content (AvgIpc) is 2.70. The van der Waals surface area contributed by atoms with Gasteiger partial charge in [0.2, 0.25) is 0 Å². The van der Waals surface area contributed by atoms with Crippen molar-refractivity contribution in [1.82, 2.24) is 0 Å². The number of carbonyl (C=O) groups excluding carboxylic acids is 1. The molecule has 0 spiro atoms. The van der Waals surface area contributed by atoms with E-state index in [0.29, 0.717) is 17.1 Å². The van der Waals surface area contributed by atoms with Crippen LogP contribution in [0, 0.1) is 13.8 Å². The minimum absolute atomic E-state index is 0.103. The Morgan fingerprint density at radius 3 is 2.17 bits per heavy atom. The second-order valence-corrected chi connectivity index (χ2v) is 8.74. The molecule has 0 radical (unpaired) electrons. The van der Waals surface area contributed by atoms with E-state index in [4.69, 9.17) is 4.74 Å². The maximum Gasteiger partial charge on any atom is 0.265 e. The van der Waals surface area contributed by atoms with Crippen LogP contribution in [-0.4, -0.2) is 20.4 Å². The Hall–Kier alpha value is -3.32. The van der Waals surface area contributed by atoms with Gasteiger partial charge >= 0.3 is 0 Å². The second-order valence-electron chi connectivity index (χ2n) is 7.06.